The molecule has 63 heavy (non-hydrogen) atoms. The predicted molar refractivity (Wildman–Crippen MR) is 241 cm³/mol. The van der Waals surface area contributed by atoms with Crippen LogP contribution in [0.25, 0.3) is 0 Å². The molecule has 5 aliphatic rings. The topological polar surface area (TPSA) is 126 Å². The van der Waals surface area contributed by atoms with E-state index in [0.29, 0.717) is 65.4 Å². The van der Waals surface area contributed by atoms with Gasteiger partial charge < -0.3 is 37.9 Å². The summed E-state index contributed by atoms with van der Waals surface area (Å²) in [4.78, 5) is 4.79. The molecule has 0 unspecified atom stereocenters. The molecule has 4 aromatic carbocycles. The predicted octanol–water partition coefficient (Wildman–Crippen LogP) is 7.84. The van der Waals surface area contributed by atoms with E-state index < -0.39 is 10.0 Å². The van der Waals surface area contributed by atoms with Gasteiger partial charge in [-0.25, -0.2) is 13.1 Å². The smallest absolute Gasteiger partial charge is 0.240 e. The van der Waals surface area contributed by atoms with Crippen molar-refractivity contribution in [3.63, 3.8) is 0 Å². The fraction of sp³-hybridized carbons (Fsp3) is 0.388. The number of likely N-dealkylation sites (N-methyl/N-ethyl adjacent to an activating group) is 2. The zero-order chi connectivity index (χ0) is 44.1. The van der Waals surface area contributed by atoms with Crippen LogP contribution >= 0.6 is 0 Å². The number of ether oxygens (including phenoxy) is 8. The second kappa shape index (κ2) is 19.5. The summed E-state index contributed by atoms with van der Waals surface area (Å²) >= 11 is 0. The van der Waals surface area contributed by atoms with Crippen molar-refractivity contribution in [3.05, 3.63) is 130 Å². The molecule has 334 valence electrons. The van der Waals surface area contributed by atoms with Crippen LogP contribution < -0.4 is 33.1 Å². The van der Waals surface area contributed by atoms with E-state index in [2.05, 4.69) is 71.6 Å². The lowest BCUT2D eigenvalue weighted by Gasteiger charge is -2.37. The molecule has 13 nitrogen and oxygen atoms in total. The van der Waals surface area contributed by atoms with Gasteiger partial charge in [0.2, 0.25) is 15.8 Å². The zero-order valence-electron chi connectivity index (χ0n) is 36.7. The summed E-state index contributed by atoms with van der Waals surface area (Å²) in [5, 5.41) is 0. The van der Waals surface area contributed by atoms with Crippen LogP contribution in [0.15, 0.2) is 96.1 Å². The Hall–Kier alpha value is -5.51. The summed E-state index contributed by atoms with van der Waals surface area (Å²) in [6.07, 6.45) is 8.06. The number of allylic oxidation sites excluding steroid dienone is 2. The highest BCUT2D eigenvalue weighted by molar-refractivity contribution is 7.93. The maximum absolute atomic E-state index is 13.3. The van der Waals surface area contributed by atoms with Crippen LogP contribution in [-0.4, -0.2) is 99.7 Å². The molecule has 0 aromatic heterocycles. The van der Waals surface area contributed by atoms with E-state index in [9.17, 15) is 8.42 Å². The lowest BCUT2D eigenvalue weighted by atomic mass is 9.87. The van der Waals surface area contributed by atoms with Gasteiger partial charge >= 0.3 is 0 Å². The van der Waals surface area contributed by atoms with Crippen molar-refractivity contribution in [1.29, 1.82) is 0 Å². The van der Waals surface area contributed by atoms with Gasteiger partial charge in [0.25, 0.3) is 0 Å². The number of hydrogen-bond donors (Lipinski definition) is 1. The van der Waals surface area contributed by atoms with Gasteiger partial charge in [0, 0.05) is 37.3 Å². The van der Waals surface area contributed by atoms with Crippen LogP contribution in [0.5, 0.6) is 46.0 Å². The molecule has 5 aliphatic heterocycles. The van der Waals surface area contributed by atoms with Crippen LogP contribution in [0, 0.1) is 0 Å². The van der Waals surface area contributed by atoms with Crippen LogP contribution in [0.4, 0.5) is 0 Å². The molecule has 0 fully saturated rings. The number of methoxy groups -OCH3 is 3. The minimum atomic E-state index is -3.86. The van der Waals surface area contributed by atoms with Crippen LogP contribution in [0.3, 0.4) is 0 Å². The summed E-state index contributed by atoms with van der Waals surface area (Å²) in [6, 6.07) is 20.6. The number of benzene rings is 4. The minimum absolute atomic E-state index is 0.0417. The van der Waals surface area contributed by atoms with E-state index in [1.165, 1.54) is 23.3 Å². The van der Waals surface area contributed by atoms with Crippen molar-refractivity contribution in [2.45, 2.75) is 44.2 Å². The van der Waals surface area contributed by atoms with E-state index in [-0.39, 0.29) is 49.1 Å². The van der Waals surface area contributed by atoms with E-state index >= 15 is 0 Å². The Balaban J connectivity index is 1.12. The molecule has 0 saturated carbocycles. The van der Waals surface area contributed by atoms with E-state index in [4.69, 9.17) is 37.9 Å². The monoisotopic (exact) mass is 879 g/mol. The summed E-state index contributed by atoms with van der Waals surface area (Å²) in [7, 11) is 5.44. The SMILES string of the molecule is C=C1/C=C(S(=O)(=O)NCCCOc2ccc3cc2Oc2ccc(cc2)C[C@H]2c4cc(c(OC)cc4CCN2C)Oc2c(OC)c(OC)cc4c2[C@@H](C3)N(C)CC4)\C=C/COCCO1. The molecule has 14 heteroatoms. The lowest BCUT2D eigenvalue weighted by molar-refractivity contribution is 0.0950. The zero-order valence-corrected chi connectivity index (χ0v) is 37.6. The molecule has 4 aromatic rings. The first-order valence-electron chi connectivity index (χ1n) is 21.4. The highest BCUT2D eigenvalue weighted by Crippen LogP contribution is 2.52. The van der Waals surface area contributed by atoms with Gasteiger partial charge in [-0.15, -0.1) is 0 Å². The Bertz CT molecular complexity index is 2490. The van der Waals surface area contributed by atoms with Gasteiger partial charge in [0.1, 0.15) is 18.1 Å². The highest BCUT2D eigenvalue weighted by atomic mass is 32.2. The van der Waals surface area contributed by atoms with Crippen molar-refractivity contribution in [1.82, 2.24) is 14.5 Å². The van der Waals surface area contributed by atoms with Gasteiger partial charge in [0.15, 0.2) is 34.5 Å². The average molecular weight is 880 g/mol. The van der Waals surface area contributed by atoms with Crippen molar-refractivity contribution in [2.75, 3.05) is 81.5 Å². The molecule has 0 radical (unpaired) electrons. The molecular formula is C49H57N3O10S. The van der Waals surface area contributed by atoms with E-state index in [1.807, 2.05) is 24.3 Å². The third kappa shape index (κ3) is 9.85. The second-order valence-electron chi connectivity index (χ2n) is 16.2. The number of sulfonamides is 1. The lowest BCUT2D eigenvalue weighted by Crippen LogP contribution is -2.34. The Kier molecular flexibility index (Phi) is 13.6. The molecule has 0 spiro atoms. The van der Waals surface area contributed by atoms with Crippen LogP contribution in [0.1, 0.15) is 51.9 Å². The molecule has 9 rings (SSSR count). The van der Waals surface area contributed by atoms with Crippen molar-refractivity contribution in [2.24, 2.45) is 0 Å². The van der Waals surface area contributed by atoms with E-state index in [0.717, 1.165) is 54.6 Å². The minimum Gasteiger partial charge on any atom is -0.493 e. The maximum Gasteiger partial charge on any atom is 0.240 e. The van der Waals surface area contributed by atoms with Gasteiger partial charge in [0.05, 0.1) is 46.1 Å². The first-order valence-corrected chi connectivity index (χ1v) is 22.9. The standard InChI is InChI=1S/C49H57N3O10S/c1-32-25-38(9-7-21-58-23-24-59-32)63(53,54)50-18-8-22-60-42-15-12-34-27-41-47-36(17-20-52(41)3)30-46(56-5)48(57-6)49(47)62-45-31-39-35(29-43(45)55-4)16-19-51(2)40(39)26-33-10-13-37(14-11-33)61-44(42)28-34/h7,9-15,25,28-31,40-41,50H,1,8,16-24,26-27H2,2-6H3/b9-7-,38-25+/t40-,41+/m0/s1. The molecular weight excluding hydrogens is 823 g/mol. The maximum atomic E-state index is 13.3. The summed E-state index contributed by atoms with van der Waals surface area (Å²) < 4.78 is 78.2. The fourth-order valence-electron chi connectivity index (χ4n) is 8.73. The van der Waals surface area contributed by atoms with E-state index in [1.54, 1.807) is 27.4 Å². The number of rotatable bonds is 10. The fourth-order valence-corrected chi connectivity index (χ4v) is 9.87. The summed E-state index contributed by atoms with van der Waals surface area (Å²) in [6.45, 7) is 6.88. The summed E-state index contributed by atoms with van der Waals surface area (Å²) in [5.41, 5.74) is 6.78. The molecule has 0 aliphatic carbocycles. The van der Waals surface area contributed by atoms with Crippen molar-refractivity contribution >= 4 is 10.0 Å². The highest BCUT2D eigenvalue weighted by Gasteiger charge is 2.35. The van der Waals surface area contributed by atoms with Crippen molar-refractivity contribution < 1.29 is 46.3 Å². The quantitative estimate of drug-likeness (QED) is 0.156. The number of nitrogens with zero attached hydrogens (tertiary/aromatic N) is 2. The molecule has 2 atom stereocenters. The molecule has 0 saturated heterocycles. The Morgan fingerprint density at radius 2 is 1.51 bits per heavy atom. The Labute approximate surface area is 370 Å². The van der Waals surface area contributed by atoms with Crippen LogP contribution in [-0.2, 0) is 45.2 Å². The Morgan fingerprint density at radius 1 is 0.794 bits per heavy atom. The number of hydrogen-bond acceptors (Lipinski definition) is 12. The molecule has 0 amide bonds. The van der Waals surface area contributed by atoms with Gasteiger partial charge in [-0.1, -0.05) is 30.9 Å². The van der Waals surface area contributed by atoms with Gasteiger partial charge in [-0.3, -0.25) is 9.80 Å². The van der Waals surface area contributed by atoms with Gasteiger partial charge in [-0.2, -0.15) is 0 Å². The Morgan fingerprint density at radius 3 is 2.29 bits per heavy atom. The normalized spacial score (nSPS) is 20.6. The number of fused-ring (bicyclic) bond motifs is 2. The van der Waals surface area contributed by atoms with Crippen LogP contribution in [0.2, 0.25) is 0 Å². The first kappa shape index (κ1) is 44.1. The first-order chi connectivity index (χ1) is 30.5. The third-order valence-corrected chi connectivity index (χ3v) is 13.6. The molecule has 5 heterocycles. The van der Waals surface area contributed by atoms with Crippen molar-refractivity contribution in [3.8, 4) is 46.0 Å². The number of nitrogens with one attached hydrogen (secondary N) is 1. The largest absolute Gasteiger partial charge is 0.493 e. The summed E-state index contributed by atoms with van der Waals surface area (Å²) in [5.74, 6) is 5.03. The third-order valence-electron chi connectivity index (χ3n) is 12.1. The second-order valence-corrected chi connectivity index (χ2v) is 18.0. The van der Waals surface area contributed by atoms with Gasteiger partial charge in [-0.05, 0) is 129 Å². The molecule has 6 bridgehead atoms. The average Bonchev–Trinajstić information content (AvgIpc) is 3.28. The molecule has 1 N–H and O–H groups in total.